The molecule has 104 valence electrons. The minimum Gasteiger partial charge on any atom is -0.496 e. The number of rotatable bonds is 4. The zero-order valence-corrected chi connectivity index (χ0v) is 12.7. The lowest BCUT2D eigenvalue weighted by Gasteiger charge is -2.06. The fourth-order valence-corrected chi connectivity index (χ4v) is 2.58. The number of hydrogen-bond donors (Lipinski definition) is 1. The number of hydrogen-bond acceptors (Lipinski definition) is 4. The maximum Gasteiger partial charge on any atom is 0.275 e. The third-order valence-electron chi connectivity index (χ3n) is 2.36. The van der Waals surface area contributed by atoms with Crippen LogP contribution in [-0.4, -0.2) is 19.2 Å². The molecule has 7 heteroatoms. The van der Waals surface area contributed by atoms with E-state index in [4.69, 9.17) is 27.9 Å². The Morgan fingerprint density at radius 3 is 2.80 bits per heavy atom. The van der Waals surface area contributed by atoms with Gasteiger partial charge in [0.05, 0.1) is 23.2 Å². The second-order valence-electron chi connectivity index (χ2n) is 3.69. The SMILES string of the molecule is COc1ccc(Cl)cc1C(=O)N/N=C/c1ccc(Cl)s1. The van der Waals surface area contributed by atoms with E-state index in [-0.39, 0.29) is 0 Å². The van der Waals surface area contributed by atoms with Gasteiger partial charge in [-0.3, -0.25) is 4.79 Å². The minimum absolute atomic E-state index is 0.321. The van der Waals surface area contributed by atoms with Gasteiger partial charge in [0.2, 0.25) is 0 Å². The average Bonchev–Trinajstić information content (AvgIpc) is 2.84. The summed E-state index contributed by atoms with van der Waals surface area (Å²) in [6.45, 7) is 0. The van der Waals surface area contributed by atoms with Crippen molar-refractivity contribution in [2.45, 2.75) is 0 Å². The first-order chi connectivity index (χ1) is 9.60. The Bertz CT molecular complexity index is 656. The van der Waals surface area contributed by atoms with Gasteiger partial charge in [0.25, 0.3) is 5.91 Å². The summed E-state index contributed by atoms with van der Waals surface area (Å²) in [5.41, 5.74) is 2.73. The smallest absolute Gasteiger partial charge is 0.275 e. The van der Waals surface area contributed by atoms with Crippen LogP contribution in [0.15, 0.2) is 35.4 Å². The molecule has 0 radical (unpaired) electrons. The van der Waals surface area contributed by atoms with Gasteiger partial charge in [0.15, 0.2) is 0 Å². The van der Waals surface area contributed by atoms with E-state index in [1.54, 1.807) is 18.2 Å². The number of amides is 1. The number of benzene rings is 1. The lowest BCUT2D eigenvalue weighted by atomic mass is 10.2. The molecule has 0 aliphatic carbocycles. The van der Waals surface area contributed by atoms with Crippen LogP contribution in [-0.2, 0) is 0 Å². The summed E-state index contributed by atoms with van der Waals surface area (Å²) < 4.78 is 5.76. The second kappa shape index (κ2) is 6.74. The molecule has 2 rings (SSSR count). The summed E-state index contributed by atoms with van der Waals surface area (Å²) in [6, 6.07) is 8.36. The fraction of sp³-hybridized carbons (Fsp3) is 0.0769. The number of hydrazone groups is 1. The number of nitrogens with one attached hydrogen (secondary N) is 1. The molecule has 0 atom stereocenters. The van der Waals surface area contributed by atoms with Crippen LogP contribution in [0, 0.1) is 0 Å². The van der Waals surface area contributed by atoms with Gasteiger partial charge in [-0.2, -0.15) is 5.10 Å². The number of methoxy groups -OCH3 is 1. The fourth-order valence-electron chi connectivity index (χ4n) is 1.47. The first-order valence-electron chi connectivity index (χ1n) is 5.52. The van der Waals surface area contributed by atoms with Crippen molar-refractivity contribution in [3.05, 3.63) is 50.1 Å². The molecule has 1 aromatic carbocycles. The van der Waals surface area contributed by atoms with Crippen LogP contribution in [0.5, 0.6) is 5.75 Å². The quantitative estimate of drug-likeness (QED) is 0.685. The second-order valence-corrected chi connectivity index (χ2v) is 5.87. The molecular weight excluding hydrogens is 319 g/mol. The van der Waals surface area contributed by atoms with Gasteiger partial charge >= 0.3 is 0 Å². The van der Waals surface area contributed by atoms with E-state index in [0.29, 0.717) is 20.7 Å². The normalized spacial score (nSPS) is 10.8. The van der Waals surface area contributed by atoms with E-state index in [1.807, 2.05) is 6.07 Å². The van der Waals surface area contributed by atoms with Crippen LogP contribution >= 0.6 is 34.5 Å². The van der Waals surface area contributed by atoms with E-state index in [0.717, 1.165) is 4.88 Å². The molecule has 0 spiro atoms. The molecule has 0 fully saturated rings. The molecule has 1 N–H and O–H groups in total. The van der Waals surface area contributed by atoms with Crippen LogP contribution in [0.1, 0.15) is 15.2 Å². The number of carbonyl (C=O) groups is 1. The van der Waals surface area contributed by atoms with Crippen LogP contribution < -0.4 is 10.2 Å². The molecule has 2 aromatic rings. The highest BCUT2D eigenvalue weighted by atomic mass is 35.5. The summed E-state index contributed by atoms with van der Waals surface area (Å²) in [5.74, 6) is 0.0320. The molecule has 1 heterocycles. The first kappa shape index (κ1) is 14.8. The molecule has 20 heavy (non-hydrogen) atoms. The van der Waals surface area contributed by atoms with E-state index in [1.165, 1.54) is 30.7 Å². The largest absolute Gasteiger partial charge is 0.496 e. The Morgan fingerprint density at radius 2 is 2.15 bits per heavy atom. The van der Waals surface area contributed by atoms with Gasteiger partial charge < -0.3 is 4.74 Å². The third kappa shape index (κ3) is 3.72. The van der Waals surface area contributed by atoms with Gasteiger partial charge in [-0.1, -0.05) is 23.2 Å². The monoisotopic (exact) mass is 328 g/mol. The van der Waals surface area contributed by atoms with E-state index in [9.17, 15) is 4.79 Å². The molecule has 0 saturated heterocycles. The van der Waals surface area contributed by atoms with Crippen molar-refractivity contribution in [2.24, 2.45) is 5.10 Å². The Balaban J connectivity index is 2.08. The molecular formula is C13H10Cl2N2O2S. The number of halogens is 2. The average molecular weight is 329 g/mol. The Kier molecular flexibility index (Phi) is 5.00. The van der Waals surface area contributed by atoms with Gasteiger partial charge in [-0.15, -0.1) is 11.3 Å². The molecule has 0 aliphatic heterocycles. The standard InChI is InChI=1S/C13H10Cl2N2O2S/c1-19-11-4-2-8(14)6-10(11)13(18)17-16-7-9-3-5-12(15)20-9/h2-7H,1H3,(H,17,18)/b16-7+. The van der Waals surface area contributed by atoms with Crippen LogP contribution in [0.25, 0.3) is 0 Å². The molecule has 1 amide bonds. The highest BCUT2D eigenvalue weighted by Gasteiger charge is 2.12. The first-order valence-corrected chi connectivity index (χ1v) is 7.09. The molecule has 0 aliphatic rings. The van der Waals surface area contributed by atoms with Gasteiger partial charge in [-0.05, 0) is 30.3 Å². The lowest BCUT2D eigenvalue weighted by Crippen LogP contribution is -2.18. The van der Waals surface area contributed by atoms with Crippen molar-refractivity contribution in [3.8, 4) is 5.75 Å². The zero-order chi connectivity index (χ0) is 14.5. The van der Waals surface area contributed by atoms with Crippen LogP contribution in [0.2, 0.25) is 9.36 Å². The summed E-state index contributed by atoms with van der Waals surface area (Å²) in [6.07, 6.45) is 1.52. The number of carbonyl (C=O) groups excluding carboxylic acids is 1. The van der Waals surface area contributed by atoms with Gasteiger partial charge in [0, 0.05) is 9.90 Å². The maximum absolute atomic E-state index is 12.0. The van der Waals surface area contributed by atoms with Crippen molar-refractivity contribution in [1.29, 1.82) is 0 Å². The molecule has 0 saturated carbocycles. The van der Waals surface area contributed by atoms with Crippen molar-refractivity contribution in [2.75, 3.05) is 7.11 Å². The summed E-state index contributed by atoms with van der Waals surface area (Å²) in [4.78, 5) is 12.8. The minimum atomic E-state index is -0.400. The summed E-state index contributed by atoms with van der Waals surface area (Å²) >= 11 is 13.0. The molecule has 0 bridgehead atoms. The van der Waals surface area contributed by atoms with Crippen molar-refractivity contribution >= 4 is 46.7 Å². The Labute approximate surface area is 130 Å². The van der Waals surface area contributed by atoms with Gasteiger partial charge in [-0.25, -0.2) is 5.43 Å². The van der Waals surface area contributed by atoms with E-state index >= 15 is 0 Å². The zero-order valence-electron chi connectivity index (χ0n) is 10.4. The van der Waals surface area contributed by atoms with Crippen LogP contribution in [0.3, 0.4) is 0 Å². The number of thiophene rings is 1. The molecule has 4 nitrogen and oxygen atoms in total. The number of ether oxygens (including phenoxy) is 1. The van der Waals surface area contributed by atoms with E-state index in [2.05, 4.69) is 10.5 Å². The predicted molar refractivity (Wildman–Crippen MR) is 82.4 cm³/mol. The summed E-state index contributed by atoms with van der Waals surface area (Å²) in [5, 5.41) is 4.31. The maximum atomic E-state index is 12.0. The summed E-state index contributed by atoms with van der Waals surface area (Å²) in [7, 11) is 1.48. The highest BCUT2D eigenvalue weighted by Crippen LogP contribution is 2.22. The highest BCUT2D eigenvalue weighted by molar-refractivity contribution is 7.17. The van der Waals surface area contributed by atoms with Crippen molar-refractivity contribution < 1.29 is 9.53 Å². The van der Waals surface area contributed by atoms with Crippen LogP contribution in [0.4, 0.5) is 0 Å². The van der Waals surface area contributed by atoms with Crippen molar-refractivity contribution in [3.63, 3.8) is 0 Å². The van der Waals surface area contributed by atoms with E-state index < -0.39 is 5.91 Å². The van der Waals surface area contributed by atoms with Gasteiger partial charge in [0.1, 0.15) is 5.75 Å². The predicted octanol–water partition coefficient (Wildman–Crippen LogP) is 3.83. The van der Waals surface area contributed by atoms with Crippen molar-refractivity contribution in [1.82, 2.24) is 5.43 Å². The molecule has 0 unspecified atom stereocenters. The Morgan fingerprint density at radius 1 is 1.35 bits per heavy atom. The topological polar surface area (TPSA) is 50.7 Å². The molecule has 1 aromatic heterocycles. The number of nitrogens with zero attached hydrogens (tertiary/aromatic N) is 1. The third-order valence-corrected chi connectivity index (χ3v) is 3.76. The Hall–Kier alpha value is -1.56. The lowest BCUT2D eigenvalue weighted by molar-refractivity contribution is 0.0952.